The van der Waals surface area contributed by atoms with E-state index in [1.165, 1.54) is 19.1 Å². The van der Waals surface area contributed by atoms with Crippen LogP contribution in [0.3, 0.4) is 0 Å². The highest BCUT2D eigenvalue weighted by Crippen LogP contribution is 2.21. The SMILES string of the molecule is CC(=O)c1c[nH]c(=O)n(-c2c(F)cccc2Br)c1=O. The second-order valence-corrected chi connectivity index (χ2v) is 4.63. The topological polar surface area (TPSA) is 71.9 Å². The summed E-state index contributed by atoms with van der Waals surface area (Å²) in [5.41, 5.74) is -2.12. The van der Waals surface area contributed by atoms with Gasteiger partial charge < -0.3 is 4.98 Å². The van der Waals surface area contributed by atoms with E-state index in [-0.39, 0.29) is 15.7 Å². The van der Waals surface area contributed by atoms with Crippen LogP contribution in [0.4, 0.5) is 4.39 Å². The molecule has 1 N–H and O–H groups in total. The number of H-pyrrole nitrogens is 1. The Morgan fingerprint density at radius 1 is 1.37 bits per heavy atom. The predicted octanol–water partition coefficient (Wildman–Crippen LogP) is 1.63. The van der Waals surface area contributed by atoms with Gasteiger partial charge >= 0.3 is 5.69 Å². The summed E-state index contributed by atoms with van der Waals surface area (Å²) in [6.45, 7) is 1.19. The largest absolute Gasteiger partial charge is 0.333 e. The lowest BCUT2D eigenvalue weighted by atomic mass is 10.2. The summed E-state index contributed by atoms with van der Waals surface area (Å²) < 4.78 is 14.6. The number of halogens is 2. The molecule has 2 aromatic rings. The van der Waals surface area contributed by atoms with Gasteiger partial charge in [-0.25, -0.2) is 13.8 Å². The van der Waals surface area contributed by atoms with Gasteiger partial charge in [0.05, 0.1) is 5.56 Å². The molecule has 0 unspecified atom stereocenters. The van der Waals surface area contributed by atoms with Gasteiger partial charge in [-0.15, -0.1) is 0 Å². The average Bonchev–Trinajstić information content (AvgIpc) is 2.32. The van der Waals surface area contributed by atoms with Crippen molar-refractivity contribution in [1.82, 2.24) is 9.55 Å². The molecule has 1 heterocycles. The van der Waals surface area contributed by atoms with Crippen LogP contribution in [0.2, 0.25) is 0 Å². The van der Waals surface area contributed by atoms with E-state index in [4.69, 9.17) is 0 Å². The third-order valence-corrected chi connectivity index (χ3v) is 3.16. The molecule has 5 nitrogen and oxygen atoms in total. The average molecular weight is 327 g/mol. The lowest BCUT2D eigenvalue weighted by Gasteiger charge is -2.08. The van der Waals surface area contributed by atoms with Gasteiger partial charge in [-0.05, 0) is 35.0 Å². The van der Waals surface area contributed by atoms with Crippen LogP contribution in [-0.4, -0.2) is 15.3 Å². The number of aromatic amines is 1. The molecule has 0 aliphatic carbocycles. The molecule has 0 saturated carbocycles. The molecule has 1 aromatic carbocycles. The fraction of sp³-hybridized carbons (Fsp3) is 0.0833. The molecule has 0 fully saturated rings. The Hall–Kier alpha value is -2.02. The molecule has 7 heteroatoms. The predicted molar refractivity (Wildman–Crippen MR) is 70.3 cm³/mol. The zero-order valence-corrected chi connectivity index (χ0v) is 11.3. The molecular formula is C12H8BrFN2O3. The van der Waals surface area contributed by atoms with Gasteiger partial charge in [-0.1, -0.05) is 6.07 Å². The van der Waals surface area contributed by atoms with E-state index in [9.17, 15) is 18.8 Å². The summed E-state index contributed by atoms with van der Waals surface area (Å²) >= 11 is 3.08. The molecular weight excluding hydrogens is 319 g/mol. The first-order valence-electron chi connectivity index (χ1n) is 5.23. The molecule has 0 amide bonds. The van der Waals surface area contributed by atoms with E-state index in [0.29, 0.717) is 4.57 Å². The first-order chi connectivity index (χ1) is 8.93. The molecule has 0 saturated heterocycles. The van der Waals surface area contributed by atoms with Crippen LogP contribution in [-0.2, 0) is 0 Å². The summed E-state index contributed by atoms with van der Waals surface area (Å²) in [5, 5.41) is 0. The number of carbonyl (C=O) groups is 1. The Morgan fingerprint density at radius 2 is 2.05 bits per heavy atom. The van der Waals surface area contributed by atoms with Crippen LogP contribution < -0.4 is 11.2 Å². The number of ketones is 1. The summed E-state index contributed by atoms with van der Waals surface area (Å²) in [7, 11) is 0. The summed E-state index contributed by atoms with van der Waals surface area (Å²) in [5.74, 6) is -1.26. The van der Waals surface area contributed by atoms with Crippen molar-refractivity contribution < 1.29 is 9.18 Å². The summed E-state index contributed by atoms with van der Waals surface area (Å²) in [6.07, 6.45) is 1.03. The van der Waals surface area contributed by atoms with Crippen LogP contribution >= 0.6 is 15.9 Å². The third kappa shape index (κ3) is 2.28. The van der Waals surface area contributed by atoms with Crippen LogP contribution in [0.25, 0.3) is 5.69 Å². The lowest BCUT2D eigenvalue weighted by molar-refractivity contribution is 0.101. The van der Waals surface area contributed by atoms with Crippen LogP contribution in [0.15, 0.2) is 38.5 Å². The number of nitrogens with zero attached hydrogens (tertiary/aromatic N) is 1. The van der Waals surface area contributed by atoms with E-state index in [1.54, 1.807) is 0 Å². The van der Waals surface area contributed by atoms with Crippen molar-refractivity contribution in [2.75, 3.05) is 0 Å². The molecule has 0 aliphatic rings. The number of rotatable bonds is 2. The number of hydrogen-bond donors (Lipinski definition) is 1. The maximum Gasteiger partial charge on any atom is 0.333 e. The Morgan fingerprint density at radius 3 is 2.63 bits per heavy atom. The maximum absolute atomic E-state index is 13.8. The van der Waals surface area contributed by atoms with Crippen LogP contribution in [0.5, 0.6) is 0 Å². The van der Waals surface area contributed by atoms with Gasteiger partial charge in [0.25, 0.3) is 5.56 Å². The second kappa shape index (κ2) is 4.93. The molecule has 0 radical (unpaired) electrons. The molecule has 2 rings (SSSR count). The smallest absolute Gasteiger partial charge is 0.313 e. The van der Waals surface area contributed by atoms with Crippen molar-refractivity contribution in [3.05, 3.63) is 61.1 Å². The van der Waals surface area contributed by atoms with Crippen molar-refractivity contribution in [2.24, 2.45) is 0 Å². The number of para-hydroxylation sites is 1. The van der Waals surface area contributed by atoms with Gasteiger partial charge in [-0.3, -0.25) is 9.59 Å². The lowest BCUT2D eigenvalue weighted by Crippen LogP contribution is -2.37. The van der Waals surface area contributed by atoms with Crippen LogP contribution in [0, 0.1) is 5.82 Å². The molecule has 0 bridgehead atoms. The quantitative estimate of drug-likeness (QED) is 0.852. The minimum atomic E-state index is -0.859. The van der Waals surface area contributed by atoms with Crippen molar-refractivity contribution in [3.8, 4) is 5.69 Å². The highest BCUT2D eigenvalue weighted by atomic mass is 79.9. The van der Waals surface area contributed by atoms with Crippen molar-refractivity contribution in [1.29, 1.82) is 0 Å². The monoisotopic (exact) mass is 326 g/mol. The van der Waals surface area contributed by atoms with E-state index in [2.05, 4.69) is 20.9 Å². The van der Waals surface area contributed by atoms with E-state index >= 15 is 0 Å². The van der Waals surface area contributed by atoms with Gasteiger partial charge in [0.15, 0.2) is 5.78 Å². The second-order valence-electron chi connectivity index (χ2n) is 3.77. The number of nitrogens with one attached hydrogen (secondary N) is 1. The minimum Gasteiger partial charge on any atom is -0.313 e. The van der Waals surface area contributed by atoms with E-state index in [0.717, 1.165) is 12.3 Å². The Balaban J connectivity index is 2.91. The summed E-state index contributed by atoms with van der Waals surface area (Å²) in [6, 6.07) is 4.04. The number of carbonyl (C=O) groups excluding carboxylic acids is 1. The van der Waals surface area contributed by atoms with Crippen molar-refractivity contribution in [2.45, 2.75) is 6.92 Å². The molecule has 0 spiro atoms. The van der Waals surface area contributed by atoms with Crippen LogP contribution in [0.1, 0.15) is 17.3 Å². The van der Waals surface area contributed by atoms with Crippen molar-refractivity contribution >= 4 is 21.7 Å². The Kier molecular flexibility index (Phi) is 3.48. The van der Waals surface area contributed by atoms with E-state index < -0.39 is 22.8 Å². The van der Waals surface area contributed by atoms with Gasteiger partial charge in [0, 0.05) is 10.7 Å². The Labute approximate surface area is 114 Å². The highest BCUT2D eigenvalue weighted by Gasteiger charge is 2.17. The number of Topliss-reactive ketones (excluding diaryl/α,β-unsaturated/α-hetero) is 1. The summed E-state index contributed by atoms with van der Waals surface area (Å²) in [4.78, 5) is 37.3. The first-order valence-corrected chi connectivity index (χ1v) is 6.03. The van der Waals surface area contributed by atoms with E-state index in [1.807, 2.05) is 0 Å². The first kappa shape index (κ1) is 13.4. The fourth-order valence-corrected chi connectivity index (χ4v) is 2.15. The molecule has 98 valence electrons. The van der Waals surface area contributed by atoms with Crippen molar-refractivity contribution in [3.63, 3.8) is 0 Å². The zero-order chi connectivity index (χ0) is 14.2. The number of hydrogen-bond acceptors (Lipinski definition) is 3. The minimum absolute atomic E-state index is 0.213. The Bertz CT molecular complexity index is 759. The van der Waals surface area contributed by atoms with Gasteiger partial charge in [0.1, 0.15) is 11.5 Å². The molecule has 0 aliphatic heterocycles. The standard InChI is InChI=1S/C12H8BrFN2O3/c1-6(17)7-5-15-12(19)16(11(7)18)10-8(13)3-2-4-9(10)14/h2-5H,1H3,(H,15,19). The molecule has 0 atom stereocenters. The van der Waals surface area contributed by atoms with Gasteiger partial charge in [-0.2, -0.15) is 0 Å². The normalized spacial score (nSPS) is 10.5. The van der Waals surface area contributed by atoms with Gasteiger partial charge in [0.2, 0.25) is 0 Å². The molecule has 19 heavy (non-hydrogen) atoms. The maximum atomic E-state index is 13.8. The zero-order valence-electron chi connectivity index (χ0n) is 9.74. The molecule has 1 aromatic heterocycles. The third-order valence-electron chi connectivity index (χ3n) is 2.52. The number of benzene rings is 1. The fourth-order valence-electron chi connectivity index (χ4n) is 1.63. The number of aromatic nitrogens is 2. The highest BCUT2D eigenvalue weighted by molar-refractivity contribution is 9.10.